The Hall–Kier alpha value is -2.56. The first-order chi connectivity index (χ1) is 9.58. The molecule has 0 amide bonds. The quantitative estimate of drug-likeness (QED) is 0.749. The molecule has 0 fully saturated rings. The second kappa shape index (κ2) is 4.52. The van der Waals surface area contributed by atoms with Crippen molar-refractivity contribution in [1.82, 2.24) is 14.8 Å². The van der Waals surface area contributed by atoms with E-state index < -0.39 is 0 Å². The highest BCUT2D eigenvalue weighted by Gasteiger charge is 2.11. The van der Waals surface area contributed by atoms with Crippen molar-refractivity contribution < 1.29 is 5.11 Å². The van der Waals surface area contributed by atoms with Crippen LogP contribution in [0.1, 0.15) is 12.5 Å². The lowest BCUT2D eigenvalue weighted by Crippen LogP contribution is -2.07. The molecule has 0 aliphatic carbocycles. The molecule has 0 unspecified atom stereocenters. The number of aromatic hydroxyl groups is 1. The van der Waals surface area contributed by atoms with Crippen molar-refractivity contribution in [3.63, 3.8) is 0 Å². The van der Waals surface area contributed by atoms with Gasteiger partial charge in [-0.2, -0.15) is 5.10 Å². The molecule has 0 saturated heterocycles. The highest BCUT2D eigenvalue weighted by molar-refractivity contribution is 5.84. The summed E-state index contributed by atoms with van der Waals surface area (Å²) in [6, 6.07) is 7.01. The Labute approximate surface area is 115 Å². The van der Waals surface area contributed by atoms with Crippen LogP contribution in [0, 0.1) is 0 Å². The van der Waals surface area contributed by atoms with Crippen LogP contribution in [-0.4, -0.2) is 19.9 Å². The Morgan fingerprint density at radius 1 is 1.35 bits per heavy atom. The Morgan fingerprint density at radius 2 is 2.15 bits per heavy atom. The number of rotatable bonds is 2. The summed E-state index contributed by atoms with van der Waals surface area (Å²) in [6.45, 7) is 1.94. The average Bonchev–Trinajstić information content (AvgIpc) is 2.76. The van der Waals surface area contributed by atoms with E-state index in [9.17, 15) is 9.90 Å². The molecular weight excluding hydrogens is 254 g/mol. The van der Waals surface area contributed by atoms with E-state index in [1.165, 1.54) is 6.07 Å². The highest BCUT2D eigenvalue weighted by atomic mass is 16.3. The zero-order valence-corrected chi connectivity index (χ0v) is 11.3. The van der Waals surface area contributed by atoms with Gasteiger partial charge in [-0.1, -0.05) is 19.1 Å². The standard InChI is InChI=1S/C15H15N3O2/c1-3-11-13(19)7-14(20)16-15(11)9-4-5-10-8-18(2)17-12(10)6-9/h4-8H,3H2,1-2H3,(H2,16,19,20). The lowest BCUT2D eigenvalue weighted by molar-refractivity contribution is 0.467. The molecule has 0 bridgehead atoms. The summed E-state index contributed by atoms with van der Waals surface area (Å²) in [5.41, 5.74) is 2.79. The van der Waals surface area contributed by atoms with Crippen molar-refractivity contribution in [1.29, 1.82) is 0 Å². The Kier molecular flexibility index (Phi) is 2.82. The molecule has 1 aromatic carbocycles. The van der Waals surface area contributed by atoms with Gasteiger partial charge in [0.1, 0.15) is 5.75 Å². The topological polar surface area (TPSA) is 70.9 Å². The summed E-state index contributed by atoms with van der Waals surface area (Å²) in [4.78, 5) is 14.4. The molecule has 0 atom stereocenters. The van der Waals surface area contributed by atoms with E-state index in [2.05, 4.69) is 10.1 Å². The maximum atomic E-state index is 11.6. The molecule has 20 heavy (non-hydrogen) atoms. The summed E-state index contributed by atoms with van der Waals surface area (Å²) in [6.07, 6.45) is 2.57. The Morgan fingerprint density at radius 3 is 2.90 bits per heavy atom. The van der Waals surface area contributed by atoms with E-state index in [-0.39, 0.29) is 11.3 Å². The van der Waals surface area contributed by atoms with Crippen LogP contribution in [0.4, 0.5) is 0 Å². The summed E-state index contributed by atoms with van der Waals surface area (Å²) in [5.74, 6) is 0.0346. The van der Waals surface area contributed by atoms with E-state index in [1.54, 1.807) is 4.68 Å². The van der Waals surface area contributed by atoms with Gasteiger partial charge in [-0.3, -0.25) is 9.48 Å². The van der Waals surface area contributed by atoms with Crippen molar-refractivity contribution in [3.8, 4) is 17.0 Å². The Bertz CT molecular complexity index is 846. The molecule has 0 aliphatic heterocycles. The molecule has 2 aromatic heterocycles. The van der Waals surface area contributed by atoms with Crippen molar-refractivity contribution in [2.24, 2.45) is 7.05 Å². The third kappa shape index (κ3) is 1.97. The lowest BCUT2D eigenvalue weighted by Gasteiger charge is -2.09. The minimum absolute atomic E-state index is 0.0346. The summed E-state index contributed by atoms with van der Waals surface area (Å²) in [5, 5.41) is 15.3. The molecule has 3 rings (SSSR count). The van der Waals surface area contributed by atoms with Gasteiger partial charge >= 0.3 is 0 Å². The minimum atomic E-state index is -0.309. The van der Waals surface area contributed by atoms with Gasteiger partial charge in [-0.25, -0.2) is 0 Å². The molecule has 0 spiro atoms. The van der Waals surface area contributed by atoms with Gasteiger partial charge < -0.3 is 10.1 Å². The van der Waals surface area contributed by atoms with E-state index in [0.29, 0.717) is 12.1 Å². The number of fused-ring (bicyclic) bond motifs is 1. The molecule has 5 heteroatoms. The fraction of sp³-hybridized carbons (Fsp3) is 0.200. The molecular formula is C15H15N3O2. The molecule has 5 nitrogen and oxygen atoms in total. The van der Waals surface area contributed by atoms with Crippen LogP contribution in [0.25, 0.3) is 22.2 Å². The maximum absolute atomic E-state index is 11.6. The van der Waals surface area contributed by atoms with Crippen molar-refractivity contribution >= 4 is 10.9 Å². The first kappa shape index (κ1) is 12.5. The van der Waals surface area contributed by atoms with Gasteiger partial charge in [-0.15, -0.1) is 0 Å². The smallest absolute Gasteiger partial charge is 0.252 e. The Balaban J connectivity index is 2.26. The van der Waals surface area contributed by atoms with Gasteiger partial charge in [0.15, 0.2) is 0 Å². The van der Waals surface area contributed by atoms with Gasteiger partial charge in [0.05, 0.1) is 11.2 Å². The van der Waals surface area contributed by atoms with E-state index in [0.717, 1.165) is 22.0 Å². The van der Waals surface area contributed by atoms with Crippen molar-refractivity contribution in [2.75, 3.05) is 0 Å². The fourth-order valence-electron chi connectivity index (χ4n) is 2.47. The first-order valence-corrected chi connectivity index (χ1v) is 6.47. The van der Waals surface area contributed by atoms with E-state index in [4.69, 9.17) is 0 Å². The molecule has 102 valence electrons. The van der Waals surface area contributed by atoms with Gasteiger partial charge in [-0.05, 0) is 12.5 Å². The van der Waals surface area contributed by atoms with Crippen LogP contribution in [0.2, 0.25) is 0 Å². The lowest BCUT2D eigenvalue weighted by atomic mass is 10.0. The molecule has 2 heterocycles. The highest BCUT2D eigenvalue weighted by Crippen LogP contribution is 2.28. The predicted octanol–water partition coefficient (Wildman–Crippen LogP) is 2.20. The SMILES string of the molecule is CCc1c(O)cc(=O)[nH]c1-c1ccc2cn(C)nc2c1. The summed E-state index contributed by atoms with van der Waals surface area (Å²) < 4.78 is 1.75. The van der Waals surface area contributed by atoms with Crippen LogP contribution in [-0.2, 0) is 13.5 Å². The largest absolute Gasteiger partial charge is 0.507 e. The molecule has 0 aliphatic rings. The number of nitrogens with zero attached hydrogens (tertiary/aromatic N) is 2. The normalized spacial score (nSPS) is 11.1. The van der Waals surface area contributed by atoms with E-state index >= 15 is 0 Å². The van der Waals surface area contributed by atoms with Crippen molar-refractivity contribution in [3.05, 3.63) is 46.4 Å². The number of nitrogens with one attached hydrogen (secondary N) is 1. The van der Waals surface area contributed by atoms with Crippen molar-refractivity contribution in [2.45, 2.75) is 13.3 Å². The molecule has 0 saturated carbocycles. The van der Waals surface area contributed by atoms with Crippen LogP contribution in [0.5, 0.6) is 5.75 Å². The fourth-order valence-corrected chi connectivity index (χ4v) is 2.47. The zero-order chi connectivity index (χ0) is 14.3. The zero-order valence-electron chi connectivity index (χ0n) is 11.3. The van der Waals surface area contributed by atoms with Crippen LogP contribution in [0.15, 0.2) is 35.3 Å². The van der Waals surface area contributed by atoms with E-state index in [1.807, 2.05) is 38.4 Å². The summed E-state index contributed by atoms with van der Waals surface area (Å²) >= 11 is 0. The second-order valence-corrected chi connectivity index (χ2v) is 4.80. The number of hydrogen-bond acceptors (Lipinski definition) is 3. The average molecular weight is 269 g/mol. The molecule has 2 N–H and O–H groups in total. The van der Waals surface area contributed by atoms with Gasteiger partial charge in [0.25, 0.3) is 5.56 Å². The summed E-state index contributed by atoms with van der Waals surface area (Å²) in [7, 11) is 1.87. The number of aryl methyl sites for hydroxylation is 1. The van der Waals surface area contributed by atoms with Crippen LogP contribution < -0.4 is 5.56 Å². The second-order valence-electron chi connectivity index (χ2n) is 4.80. The number of hydrogen-bond donors (Lipinski definition) is 2. The maximum Gasteiger partial charge on any atom is 0.252 e. The van der Waals surface area contributed by atoms with Crippen LogP contribution in [0.3, 0.4) is 0 Å². The molecule has 0 radical (unpaired) electrons. The third-order valence-corrected chi connectivity index (χ3v) is 3.39. The van der Waals surface area contributed by atoms with Gasteiger partial charge in [0, 0.05) is 35.8 Å². The number of pyridine rings is 1. The third-order valence-electron chi connectivity index (χ3n) is 3.39. The van der Waals surface area contributed by atoms with Gasteiger partial charge in [0.2, 0.25) is 0 Å². The monoisotopic (exact) mass is 269 g/mol. The molecule has 3 aromatic rings. The predicted molar refractivity (Wildman–Crippen MR) is 77.8 cm³/mol. The first-order valence-electron chi connectivity index (χ1n) is 6.47. The van der Waals surface area contributed by atoms with Crippen LogP contribution >= 0.6 is 0 Å². The number of H-pyrrole nitrogens is 1. The number of aromatic nitrogens is 3. The number of aromatic amines is 1. The number of benzene rings is 1. The minimum Gasteiger partial charge on any atom is -0.507 e.